The van der Waals surface area contributed by atoms with E-state index in [4.69, 9.17) is 0 Å². The summed E-state index contributed by atoms with van der Waals surface area (Å²) >= 11 is 0. The molecule has 2 nitrogen and oxygen atoms in total. The third kappa shape index (κ3) is 3.91. The molecule has 0 heterocycles. The van der Waals surface area contributed by atoms with Gasteiger partial charge < -0.3 is 10.2 Å². The van der Waals surface area contributed by atoms with E-state index in [1.165, 1.54) is 24.8 Å². The number of hydrogen-bond donors (Lipinski definition) is 1. The maximum absolute atomic E-state index is 12.4. The molecule has 0 unspecified atom stereocenters. The lowest BCUT2D eigenvalue weighted by Crippen LogP contribution is -2.32. The third-order valence-corrected chi connectivity index (χ3v) is 2.98. The van der Waals surface area contributed by atoms with Crippen LogP contribution >= 0.6 is 0 Å². The molecule has 1 saturated carbocycles. The van der Waals surface area contributed by atoms with Gasteiger partial charge in [-0.05, 0) is 24.5 Å². The van der Waals surface area contributed by atoms with Crippen LogP contribution in [0, 0.1) is 0 Å². The second-order valence-electron chi connectivity index (χ2n) is 4.76. The molecule has 0 radical (unpaired) electrons. The first-order valence-corrected chi connectivity index (χ1v) is 6.05. The number of anilines is 1. The van der Waals surface area contributed by atoms with Gasteiger partial charge in [0, 0.05) is 25.3 Å². The van der Waals surface area contributed by atoms with Crippen molar-refractivity contribution in [3.05, 3.63) is 29.8 Å². The summed E-state index contributed by atoms with van der Waals surface area (Å²) in [7, 11) is 1.48. The van der Waals surface area contributed by atoms with E-state index in [1.54, 1.807) is 12.1 Å². The van der Waals surface area contributed by atoms with Gasteiger partial charge in [0.15, 0.2) is 0 Å². The average molecular weight is 258 g/mol. The van der Waals surface area contributed by atoms with Gasteiger partial charge in [-0.25, -0.2) is 0 Å². The second kappa shape index (κ2) is 5.18. The zero-order valence-electron chi connectivity index (χ0n) is 10.3. The van der Waals surface area contributed by atoms with Gasteiger partial charge in [-0.3, -0.25) is 0 Å². The van der Waals surface area contributed by atoms with Gasteiger partial charge in [0.05, 0.1) is 0 Å². The highest BCUT2D eigenvalue weighted by Crippen LogP contribution is 2.25. The average Bonchev–Trinajstić information content (AvgIpc) is 3.08. The molecule has 18 heavy (non-hydrogen) atoms. The van der Waals surface area contributed by atoms with Crippen LogP contribution in [0.4, 0.5) is 18.9 Å². The number of hydrogen-bond acceptors (Lipinski definition) is 2. The lowest BCUT2D eigenvalue weighted by atomic mass is 10.1. The van der Waals surface area contributed by atoms with Gasteiger partial charge in [-0.1, -0.05) is 18.2 Å². The van der Waals surface area contributed by atoms with Crippen LogP contribution in [0.15, 0.2) is 24.3 Å². The van der Waals surface area contributed by atoms with Gasteiger partial charge in [0.25, 0.3) is 0 Å². The number of rotatable bonds is 5. The van der Waals surface area contributed by atoms with E-state index in [-0.39, 0.29) is 0 Å². The van der Waals surface area contributed by atoms with Crippen molar-refractivity contribution in [1.82, 2.24) is 5.32 Å². The molecule has 100 valence electrons. The molecular weight excluding hydrogens is 241 g/mol. The van der Waals surface area contributed by atoms with E-state index in [0.29, 0.717) is 18.3 Å². The zero-order valence-corrected chi connectivity index (χ0v) is 10.3. The van der Waals surface area contributed by atoms with E-state index >= 15 is 0 Å². The Kier molecular flexibility index (Phi) is 3.80. The summed E-state index contributed by atoms with van der Waals surface area (Å²) in [5.41, 5.74) is 1.55. The zero-order chi connectivity index (χ0) is 13.2. The van der Waals surface area contributed by atoms with E-state index < -0.39 is 12.7 Å². The molecule has 1 fully saturated rings. The Morgan fingerprint density at radius 3 is 2.56 bits per heavy atom. The van der Waals surface area contributed by atoms with Gasteiger partial charge in [-0.2, -0.15) is 13.2 Å². The van der Waals surface area contributed by atoms with E-state index in [9.17, 15) is 13.2 Å². The Balaban J connectivity index is 2.05. The first-order valence-electron chi connectivity index (χ1n) is 6.05. The van der Waals surface area contributed by atoms with Crippen LogP contribution in [0.25, 0.3) is 0 Å². The number of nitrogens with one attached hydrogen (secondary N) is 1. The summed E-state index contributed by atoms with van der Waals surface area (Å²) in [6.07, 6.45) is -1.84. The number of benzene rings is 1. The number of alkyl halides is 3. The standard InChI is InChI=1S/C13H17F3N2/c1-18(9-13(14,15)16)12-5-3-2-4-10(12)8-17-11-6-7-11/h2-5,11,17H,6-9H2,1H3. The molecule has 0 atom stereocenters. The van der Waals surface area contributed by atoms with Crippen LogP contribution in [-0.2, 0) is 6.54 Å². The Morgan fingerprint density at radius 2 is 1.94 bits per heavy atom. The number of halogens is 3. The molecule has 1 aromatic carbocycles. The van der Waals surface area contributed by atoms with Crippen molar-refractivity contribution in [3.8, 4) is 0 Å². The van der Waals surface area contributed by atoms with Crippen molar-refractivity contribution < 1.29 is 13.2 Å². The number of nitrogens with zero attached hydrogens (tertiary/aromatic N) is 1. The van der Waals surface area contributed by atoms with Gasteiger partial charge >= 0.3 is 6.18 Å². The molecule has 0 bridgehead atoms. The predicted molar refractivity (Wildman–Crippen MR) is 65.6 cm³/mol. The van der Waals surface area contributed by atoms with Crippen molar-refractivity contribution in [2.45, 2.75) is 31.6 Å². The molecule has 1 aliphatic carbocycles. The number of para-hydroxylation sites is 1. The highest BCUT2D eigenvalue weighted by atomic mass is 19.4. The van der Waals surface area contributed by atoms with E-state index in [0.717, 1.165) is 5.56 Å². The quantitative estimate of drug-likeness (QED) is 0.873. The Labute approximate surface area is 105 Å². The fraction of sp³-hybridized carbons (Fsp3) is 0.538. The summed E-state index contributed by atoms with van der Waals surface area (Å²) in [5.74, 6) is 0. The first kappa shape index (κ1) is 13.2. The van der Waals surface area contributed by atoms with Gasteiger partial charge in [-0.15, -0.1) is 0 Å². The van der Waals surface area contributed by atoms with E-state index in [1.807, 2.05) is 12.1 Å². The Morgan fingerprint density at radius 1 is 1.28 bits per heavy atom. The van der Waals surface area contributed by atoms with E-state index in [2.05, 4.69) is 5.32 Å². The molecule has 1 aromatic rings. The minimum Gasteiger partial charge on any atom is -0.365 e. The van der Waals surface area contributed by atoms with Gasteiger partial charge in [0.2, 0.25) is 0 Å². The molecular formula is C13H17F3N2. The lowest BCUT2D eigenvalue weighted by molar-refractivity contribution is -0.119. The minimum absolute atomic E-state index is 0.547. The molecule has 0 aliphatic heterocycles. The summed E-state index contributed by atoms with van der Waals surface area (Å²) in [6, 6.07) is 7.77. The maximum Gasteiger partial charge on any atom is 0.405 e. The van der Waals surface area contributed by atoms with Crippen molar-refractivity contribution in [3.63, 3.8) is 0 Å². The van der Waals surface area contributed by atoms with Crippen molar-refractivity contribution in [2.24, 2.45) is 0 Å². The third-order valence-electron chi connectivity index (χ3n) is 2.98. The summed E-state index contributed by atoms with van der Waals surface area (Å²) in [5, 5.41) is 3.32. The highest BCUT2D eigenvalue weighted by molar-refractivity contribution is 5.53. The molecule has 0 amide bonds. The molecule has 1 aliphatic rings. The molecule has 0 spiro atoms. The van der Waals surface area contributed by atoms with Crippen LogP contribution in [0.1, 0.15) is 18.4 Å². The largest absolute Gasteiger partial charge is 0.405 e. The van der Waals surface area contributed by atoms with Crippen LogP contribution < -0.4 is 10.2 Å². The topological polar surface area (TPSA) is 15.3 Å². The molecule has 5 heteroatoms. The Hall–Kier alpha value is -1.23. The fourth-order valence-electron chi connectivity index (χ4n) is 1.93. The summed E-state index contributed by atoms with van der Waals surface area (Å²) in [6.45, 7) is -0.295. The van der Waals surface area contributed by atoms with Crippen molar-refractivity contribution in [1.29, 1.82) is 0 Å². The lowest BCUT2D eigenvalue weighted by Gasteiger charge is -2.23. The van der Waals surface area contributed by atoms with Crippen LogP contribution in [-0.4, -0.2) is 25.8 Å². The minimum atomic E-state index is -4.17. The maximum atomic E-state index is 12.4. The van der Waals surface area contributed by atoms with Crippen LogP contribution in [0.5, 0.6) is 0 Å². The van der Waals surface area contributed by atoms with Crippen molar-refractivity contribution in [2.75, 3.05) is 18.5 Å². The highest BCUT2D eigenvalue weighted by Gasteiger charge is 2.30. The smallest absolute Gasteiger partial charge is 0.365 e. The molecule has 0 aromatic heterocycles. The van der Waals surface area contributed by atoms with Gasteiger partial charge in [0.1, 0.15) is 6.54 Å². The summed E-state index contributed by atoms with van der Waals surface area (Å²) in [4.78, 5) is 1.25. The molecule has 2 rings (SSSR count). The van der Waals surface area contributed by atoms with Crippen LogP contribution in [0.3, 0.4) is 0 Å². The molecule has 1 N–H and O–H groups in total. The van der Waals surface area contributed by atoms with Crippen molar-refractivity contribution >= 4 is 5.69 Å². The normalized spacial score (nSPS) is 15.8. The molecule has 0 saturated heterocycles. The van der Waals surface area contributed by atoms with Crippen LogP contribution in [0.2, 0.25) is 0 Å². The first-order chi connectivity index (χ1) is 8.46. The summed E-state index contributed by atoms with van der Waals surface area (Å²) < 4.78 is 37.2. The Bertz CT molecular complexity index is 399. The fourth-order valence-corrected chi connectivity index (χ4v) is 1.93. The predicted octanol–water partition coefficient (Wildman–Crippen LogP) is 2.94. The SMILES string of the molecule is CN(CC(F)(F)F)c1ccccc1CNC1CC1. The monoisotopic (exact) mass is 258 g/mol. The second-order valence-corrected chi connectivity index (χ2v) is 4.76.